The van der Waals surface area contributed by atoms with Crippen molar-refractivity contribution < 1.29 is 4.42 Å². The van der Waals surface area contributed by atoms with Gasteiger partial charge in [-0.2, -0.15) is 0 Å². The SMILES string of the molecule is CC(C)(C)c1ccc(N2c3cc(N(c4ccccc4)c4ccccc4)ccc3B3c4sc(C(C)(C)C)nc4N(c4ccc5oc6ccc(-c7ccccc7)cc6c5c4)c4cc(C(C)(C)C)cc2c43)cc1. The molecule has 344 valence electrons. The Bertz CT molecular complexity index is 3580. The molecule has 10 aromatic rings. The molecule has 2 aliphatic heterocycles. The van der Waals surface area contributed by atoms with Gasteiger partial charge in [0.2, 0.25) is 0 Å². The average Bonchev–Trinajstić information content (AvgIpc) is 3.97. The number of rotatable bonds is 6. The summed E-state index contributed by atoms with van der Waals surface area (Å²) in [6, 6.07) is 66.8. The molecule has 0 radical (unpaired) electrons. The second-order valence-corrected chi connectivity index (χ2v) is 23.2. The van der Waals surface area contributed by atoms with E-state index in [0.717, 1.165) is 72.6 Å². The third-order valence-corrected chi connectivity index (χ3v) is 15.7. The van der Waals surface area contributed by atoms with Crippen molar-refractivity contribution >= 4 is 107 Å². The third-order valence-electron chi connectivity index (χ3n) is 14.2. The predicted molar refractivity (Wildman–Crippen MR) is 300 cm³/mol. The van der Waals surface area contributed by atoms with Crippen molar-refractivity contribution in [3.05, 3.63) is 198 Å². The minimum Gasteiger partial charge on any atom is -0.456 e. The number of aromatic nitrogens is 1. The van der Waals surface area contributed by atoms with Crippen LogP contribution in [0, 0.1) is 0 Å². The van der Waals surface area contributed by atoms with Crippen LogP contribution in [-0.2, 0) is 16.2 Å². The number of anilines is 9. The van der Waals surface area contributed by atoms with Crippen molar-refractivity contribution in [3.63, 3.8) is 0 Å². The Morgan fingerprint density at radius 2 is 1.04 bits per heavy atom. The first-order chi connectivity index (χ1) is 33.6. The molecule has 8 aromatic carbocycles. The van der Waals surface area contributed by atoms with Gasteiger partial charge in [-0.15, -0.1) is 11.3 Å². The molecule has 0 saturated heterocycles. The fourth-order valence-electron chi connectivity index (χ4n) is 10.5. The van der Waals surface area contributed by atoms with Gasteiger partial charge in [-0.25, -0.2) is 4.98 Å². The van der Waals surface area contributed by atoms with Crippen LogP contribution < -0.4 is 30.4 Å². The zero-order chi connectivity index (χ0) is 48.3. The first-order valence-corrected chi connectivity index (χ1v) is 25.4. The summed E-state index contributed by atoms with van der Waals surface area (Å²) in [4.78, 5) is 13.1. The molecule has 2 aromatic heterocycles. The molecule has 0 atom stereocenters. The molecule has 0 fully saturated rings. The van der Waals surface area contributed by atoms with Gasteiger partial charge in [0.25, 0.3) is 6.71 Å². The highest BCUT2D eigenvalue weighted by Gasteiger charge is 2.47. The monoisotopic (exact) mass is 928 g/mol. The summed E-state index contributed by atoms with van der Waals surface area (Å²) >= 11 is 1.87. The number of furan rings is 1. The minimum absolute atomic E-state index is 0.00610. The van der Waals surface area contributed by atoms with Crippen LogP contribution >= 0.6 is 11.3 Å². The summed E-state index contributed by atoms with van der Waals surface area (Å²) in [7, 11) is 0. The molecule has 70 heavy (non-hydrogen) atoms. The summed E-state index contributed by atoms with van der Waals surface area (Å²) in [6.45, 7) is 20.7. The fraction of sp³-hybridized carbons (Fsp3) is 0.190. The van der Waals surface area contributed by atoms with Crippen LogP contribution in [-0.4, -0.2) is 11.7 Å². The van der Waals surface area contributed by atoms with Gasteiger partial charge in [0, 0.05) is 66.5 Å². The van der Waals surface area contributed by atoms with E-state index in [4.69, 9.17) is 9.40 Å². The molecule has 0 bridgehead atoms. The Labute approximate surface area is 416 Å². The zero-order valence-electron chi connectivity index (χ0n) is 41.5. The summed E-state index contributed by atoms with van der Waals surface area (Å²) in [5.41, 5.74) is 17.9. The van der Waals surface area contributed by atoms with Crippen LogP contribution in [0.4, 0.5) is 51.3 Å². The number of fused-ring (bicyclic) bond motifs is 7. The predicted octanol–water partition coefficient (Wildman–Crippen LogP) is 16.2. The highest BCUT2D eigenvalue weighted by atomic mass is 32.1. The van der Waals surface area contributed by atoms with Crippen molar-refractivity contribution in [2.45, 2.75) is 78.6 Å². The molecule has 0 spiro atoms. The molecule has 0 N–H and O–H groups in total. The largest absolute Gasteiger partial charge is 0.456 e. The quantitative estimate of drug-likeness (QED) is 0.155. The maximum Gasteiger partial charge on any atom is 0.266 e. The Balaban J connectivity index is 1.14. The third kappa shape index (κ3) is 7.33. The molecule has 12 rings (SSSR count). The molecule has 0 amide bonds. The van der Waals surface area contributed by atoms with Gasteiger partial charge in [-0.1, -0.05) is 153 Å². The topological polar surface area (TPSA) is 35.8 Å². The maximum atomic E-state index is 6.57. The van der Waals surface area contributed by atoms with Gasteiger partial charge < -0.3 is 14.2 Å². The number of hydrogen-bond donors (Lipinski definition) is 0. The summed E-state index contributed by atoms with van der Waals surface area (Å²) < 4.78 is 7.83. The van der Waals surface area contributed by atoms with Gasteiger partial charge in [-0.3, -0.25) is 4.90 Å². The Hall–Kier alpha value is -7.35. The van der Waals surface area contributed by atoms with Crippen LogP contribution in [0.2, 0.25) is 0 Å². The second-order valence-electron chi connectivity index (χ2n) is 22.1. The van der Waals surface area contributed by atoms with E-state index in [1.807, 2.05) is 11.3 Å². The second kappa shape index (κ2) is 16.1. The molecule has 2 aliphatic rings. The van der Waals surface area contributed by atoms with E-state index in [1.165, 1.54) is 43.6 Å². The Kier molecular flexibility index (Phi) is 10.1. The summed E-state index contributed by atoms with van der Waals surface area (Å²) in [6.07, 6.45) is 0. The van der Waals surface area contributed by atoms with Gasteiger partial charge in [0.05, 0.1) is 5.01 Å². The lowest BCUT2D eigenvalue weighted by atomic mass is 9.36. The van der Waals surface area contributed by atoms with Crippen LogP contribution in [0.5, 0.6) is 0 Å². The smallest absolute Gasteiger partial charge is 0.266 e. The molecular weight excluding hydrogens is 872 g/mol. The molecule has 5 nitrogen and oxygen atoms in total. The van der Waals surface area contributed by atoms with Gasteiger partial charge >= 0.3 is 0 Å². The van der Waals surface area contributed by atoms with E-state index in [1.54, 1.807) is 0 Å². The Morgan fingerprint density at radius 3 is 1.66 bits per heavy atom. The Morgan fingerprint density at radius 1 is 0.471 bits per heavy atom. The highest BCUT2D eigenvalue weighted by molar-refractivity contribution is 7.28. The van der Waals surface area contributed by atoms with Crippen LogP contribution in [0.1, 0.15) is 78.4 Å². The van der Waals surface area contributed by atoms with Crippen molar-refractivity contribution in [2.24, 2.45) is 0 Å². The minimum atomic E-state index is -0.175. The summed E-state index contributed by atoms with van der Waals surface area (Å²) in [5.74, 6) is 0.995. The van der Waals surface area contributed by atoms with Crippen molar-refractivity contribution in [1.29, 1.82) is 0 Å². The number of hydrogen-bond acceptors (Lipinski definition) is 6. The first-order valence-electron chi connectivity index (χ1n) is 24.6. The highest BCUT2D eigenvalue weighted by Crippen LogP contribution is 2.49. The van der Waals surface area contributed by atoms with Crippen molar-refractivity contribution in [2.75, 3.05) is 14.7 Å². The van der Waals surface area contributed by atoms with Gasteiger partial charge in [0.15, 0.2) is 0 Å². The molecule has 0 saturated carbocycles. The molecule has 4 heterocycles. The molecule has 0 aliphatic carbocycles. The molecule has 0 unspecified atom stereocenters. The maximum absolute atomic E-state index is 6.57. The van der Waals surface area contributed by atoms with Crippen LogP contribution in [0.25, 0.3) is 33.1 Å². The number of para-hydroxylation sites is 2. The fourth-order valence-corrected chi connectivity index (χ4v) is 11.7. The number of thiazole rings is 1. The molecular formula is C63H57BN4OS. The summed E-state index contributed by atoms with van der Waals surface area (Å²) in [5, 5.41) is 3.30. The van der Waals surface area contributed by atoms with E-state index in [2.05, 4.69) is 259 Å². The van der Waals surface area contributed by atoms with Crippen molar-refractivity contribution in [3.8, 4) is 11.1 Å². The standard InChI is InChI=1S/C63H57BN4OS/c1-61(2,3)42-26-28-46(29-27-42)67-52-39-48(66(44-21-15-11-16-22-44)45-23-17-12-18-24-45)30-32-51(52)64-57-53(67)36-43(62(4,5)6)37-54(57)68(59-58(64)70-60(65-59)63(7,8)9)47-31-34-56-50(38-47)49-35-41(25-33-55(49)69-56)40-19-13-10-14-20-40/h10-39H,1-9H3. The van der Waals surface area contributed by atoms with E-state index in [0.29, 0.717) is 0 Å². The van der Waals surface area contributed by atoms with Crippen LogP contribution in [0.3, 0.4) is 0 Å². The average molecular weight is 929 g/mol. The lowest BCUT2D eigenvalue weighted by Crippen LogP contribution is -2.60. The first kappa shape index (κ1) is 43.9. The van der Waals surface area contributed by atoms with Gasteiger partial charge in [0.1, 0.15) is 17.0 Å². The van der Waals surface area contributed by atoms with Crippen LogP contribution in [0.15, 0.2) is 186 Å². The zero-order valence-corrected chi connectivity index (χ0v) is 42.3. The normalized spacial score (nSPS) is 13.4. The lowest BCUT2D eigenvalue weighted by Gasteiger charge is -2.44. The molecule has 7 heteroatoms. The van der Waals surface area contributed by atoms with E-state index >= 15 is 0 Å². The van der Waals surface area contributed by atoms with E-state index in [9.17, 15) is 0 Å². The van der Waals surface area contributed by atoms with E-state index < -0.39 is 0 Å². The van der Waals surface area contributed by atoms with E-state index in [-0.39, 0.29) is 23.0 Å². The number of benzene rings is 8. The lowest BCUT2D eigenvalue weighted by molar-refractivity contribution is 0.585. The van der Waals surface area contributed by atoms with Crippen molar-refractivity contribution in [1.82, 2.24) is 4.98 Å². The number of nitrogens with zero attached hydrogens (tertiary/aromatic N) is 4. The van der Waals surface area contributed by atoms with Gasteiger partial charge in [-0.05, 0) is 135 Å².